The van der Waals surface area contributed by atoms with Gasteiger partial charge >= 0.3 is 5.97 Å². The molecule has 3 aromatic rings. The number of carbonyl (C=O) groups excluding carboxylic acids is 1. The largest absolute Gasteiger partial charge is 0.497 e. The van der Waals surface area contributed by atoms with Gasteiger partial charge in [-0.1, -0.05) is 12.1 Å². The number of halogens is 1. The van der Waals surface area contributed by atoms with Crippen LogP contribution >= 0.6 is 0 Å². The summed E-state index contributed by atoms with van der Waals surface area (Å²) < 4.78 is 23.4. The molecule has 0 atom stereocenters. The quantitative estimate of drug-likeness (QED) is 0.536. The number of fused-ring (bicyclic) bond motifs is 1. The van der Waals surface area contributed by atoms with Crippen LogP contribution in [-0.4, -0.2) is 13.1 Å². The summed E-state index contributed by atoms with van der Waals surface area (Å²) in [5.41, 5.74) is 0.298. The molecule has 0 bridgehead atoms. The molecule has 0 saturated heterocycles. The first-order valence-electron chi connectivity index (χ1n) is 6.71. The Hall–Kier alpha value is -2.88. The molecule has 0 N–H and O–H groups in total. The number of benzene rings is 3. The number of rotatable bonds is 3. The molecule has 3 aromatic carbocycles. The smallest absolute Gasteiger partial charge is 0.343 e. The Balaban J connectivity index is 1.86. The van der Waals surface area contributed by atoms with Gasteiger partial charge in [0.15, 0.2) is 0 Å². The summed E-state index contributed by atoms with van der Waals surface area (Å²) in [6.45, 7) is 0. The second-order valence-electron chi connectivity index (χ2n) is 4.77. The average Bonchev–Trinajstić information content (AvgIpc) is 2.54. The molecule has 22 heavy (non-hydrogen) atoms. The van der Waals surface area contributed by atoms with E-state index in [0.29, 0.717) is 11.3 Å². The van der Waals surface area contributed by atoms with Crippen LogP contribution in [0.3, 0.4) is 0 Å². The van der Waals surface area contributed by atoms with Gasteiger partial charge in [-0.15, -0.1) is 0 Å². The summed E-state index contributed by atoms with van der Waals surface area (Å²) in [5, 5.41) is 1.92. The molecule has 0 aliphatic carbocycles. The van der Waals surface area contributed by atoms with Gasteiger partial charge in [0.2, 0.25) is 0 Å². The van der Waals surface area contributed by atoms with Crippen molar-refractivity contribution in [2.75, 3.05) is 7.11 Å². The van der Waals surface area contributed by atoms with Gasteiger partial charge in [0.1, 0.15) is 17.3 Å². The lowest BCUT2D eigenvalue weighted by molar-refractivity contribution is 0.0735. The molecule has 0 aromatic heterocycles. The first-order chi connectivity index (χ1) is 10.7. The summed E-state index contributed by atoms with van der Waals surface area (Å²) in [6.07, 6.45) is 0. The molecule has 0 fully saturated rings. The number of hydrogen-bond acceptors (Lipinski definition) is 3. The first kappa shape index (κ1) is 14.1. The topological polar surface area (TPSA) is 35.5 Å². The van der Waals surface area contributed by atoms with E-state index in [1.165, 1.54) is 24.3 Å². The van der Waals surface area contributed by atoms with E-state index >= 15 is 0 Å². The number of carbonyl (C=O) groups is 1. The zero-order chi connectivity index (χ0) is 15.5. The van der Waals surface area contributed by atoms with Gasteiger partial charge in [-0.3, -0.25) is 0 Å². The fraction of sp³-hybridized carbons (Fsp3) is 0.0556. The Kier molecular flexibility index (Phi) is 3.74. The normalized spacial score (nSPS) is 10.5. The highest BCUT2D eigenvalue weighted by molar-refractivity contribution is 5.92. The van der Waals surface area contributed by atoms with Crippen molar-refractivity contribution in [3.05, 3.63) is 72.0 Å². The molecule has 0 aliphatic rings. The maximum absolute atomic E-state index is 12.9. The van der Waals surface area contributed by atoms with Crippen molar-refractivity contribution in [1.29, 1.82) is 0 Å². The fourth-order valence-corrected chi connectivity index (χ4v) is 2.15. The van der Waals surface area contributed by atoms with Gasteiger partial charge in [-0.05, 0) is 59.3 Å². The minimum absolute atomic E-state index is 0.298. The highest BCUT2D eigenvalue weighted by Gasteiger charge is 2.09. The summed E-state index contributed by atoms with van der Waals surface area (Å²) in [5.74, 6) is 0.237. The Bertz CT molecular complexity index is 825. The highest BCUT2D eigenvalue weighted by Crippen LogP contribution is 2.25. The molecular formula is C18H13FO3. The van der Waals surface area contributed by atoms with Gasteiger partial charge in [0.25, 0.3) is 0 Å². The summed E-state index contributed by atoms with van der Waals surface area (Å²) in [7, 11) is 1.60. The van der Waals surface area contributed by atoms with Crippen LogP contribution in [-0.2, 0) is 0 Å². The summed E-state index contributed by atoms with van der Waals surface area (Å²) >= 11 is 0. The monoisotopic (exact) mass is 296 g/mol. The van der Waals surface area contributed by atoms with Crippen molar-refractivity contribution in [3.63, 3.8) is 0 Å². The molecule has 0 aliphatic heterocycles. The molecule has 3 rings (SSSR count). The van der Waals surface area contributed by atoms with E-state index in [1.807, 2.05) is 24.3 Å². The molecule has 0 heterocycles. The van der Waals surface area contributed by atoms with E-state index in [2.05, 4.69) is 0 Å². The van der Waals surface area contributed by atoms with Crippen molar-refractivity contribution < 1.29 is 18.7 Å². The van der Waals surface area contributed by atoms with E-state index in [9.17, 15) is 9.18 Å². The zero-order valence-corrected chi connectivity index (χ0v) is 11.9. The van der Waals surface area contributed by atoms with Crippen LogP contribution < -0.4 is 9.47 Å². The van der Waals surface area contributed by atoms with E-state index in [4.69, 9.17) is 9.47 Å². The Morgan fingerprint density at radius 2 is 1.50 bits per heavy atom. The maximum atomic E-state index is 12.9. The van der Waals surface area contributed by atoms with Crippen LogP contribution in [0.4, 0.5) is 4.39 Å². The molecule has 4 heteroatoms. The van der Waals surface area contributed by atoms with Crippen LogP contribution in [0.1, 0.15) is 10.4 Å². The lowest BCUT2D eigenvalue weighted by Crippen LogP contribution is -2.08. The maximum Gasteiger partial charge on any atom is 0.343 e. The van der Waals surface area contributed by atoms with Gasteiger partial charge in [-0.2, -0.15) is 0 Å². The van der Waals surface area contributed by atoms with Gasteiger partial charge in [0.05, 0.1) is 12.7 Å². The van der Waals surface area contributed by atoms with Crippen LogP contribution in [0.2, 0.25) is 0 Å². The van der Waals surface area contributed by atoms with Crippen LogP contribution in [0, 0.1) is 5.82 Å². The van der Waals surface area contributed by atoms with Crippen LogP contribution in [0.5, 0.6) is 11.5 Å². The molecule has 0 unspecified atom stereocenters. The molecule has 0 amide bonds. The predicted octanol–water partition coefficient (Wildman–Crippen LogP) is 4.21. The molecule has 0 radical (unpaired) electrons. The van der Waals surface area contributed by atoms with Crippen LogP contribution in [0.25, 0.3) is 10.8 Å². The first-order valence-corrected chi connectivity index (χ1v) is 6.71. The van der Waals surface area contributed by atoms with Crippen molar-refractivity contribution >= 4 is 16.7 Å². The van der Waals surface area contributed by atoms with Gasteiger partial charge < -0.3 is 9.47 Å². The molecule has 3 nitrogen and oxygen atoms in total. The molecule has 0 spiro atoms. The van der Waals surface area contributed by atoms with E-state index in [-0.39, 0.29) is 0 Å². The third-order valence-corrected chi connectivity index (χ3v) is 3.31. The number of hydrogen-bond donors (Lipinski definition) is 0. The van der Waals surface area contributed by atoms with Crippen molar-refractivity contribution in [2.24, 2.45) is 0 Å². The minimum Gasteiger partial charge on any atom is -0.497 e. The van der Waals surface area contributed by atoms with Crippen molar-refractivity contribution in [2.45, 2.75) is 0 Å². The zero-order valence-electron chi connectivity index (χ0n) is 11.9. The number of methoxy groups -OCH3 is 1. The lowest BCUT2D eigenvalue weighted by atomic mass is 10.1. The Labute approximate surface area is 126 Å². The van der Waals surface area contributed by atoms with Gasteiger partial charge in [0, 0.05) is 0 Å². The Morgan fingerprint density at radius 3 is 2.18 bits per heavy atom. The van der Waals surface area contributed by atoms with E-state index < -0.39 is 11.8 Å². The van der Waals surface area contributed by atoms with Gasteiger partial charge in [-0.25, -0.2) is 9.18 Å². The van der Waals surface area contributed by atoms with E-state index in [1.54, 1.807) is 19.2 Å². The fourth-order valence-electron chi connectivity index (χ4n) is 2.15. The second kappa shape index (κ2) is 5.85. The minimum atomic E-state index is -0.526. The standard InChI is InChI=1S/C18H13FO3/c1-21-16-8-4-12-5-9-17(11-14(12)10-16)22-18(20)13-2-6-15(19)7-3-13/h2-11H,1H3. The Morgan fingerprint density at radius 1 is 0.864 bits per heavy atom. The summed E-state index contributed by atoms with van der Waals surface area (Å²) in [4.78, 5) is 12.0. The molecular weight excluding hydrogens is 283 g/mol. The highest BCUT2D eigenvalue weighted by atomic mass is 19.1. The lowest BCUT2D eigenvalue weighted by Gasteiger charge is -2.07. The third kappa shape index (κ3) is 2.91. The molecule has 110 valence electrons. The summed E-state index contributed by atoms with van der Waals surface area (Å²) in [6, 6.07) is 16.2. The van der Waals surface area contributed by atoms with Crippen molar-refractivity contribution in [3.8, 4) is 11.5 Å². The van der Waals surface area contributed by atoms with E-state index in [0.717, 1.165) is 16.5 Å². The average molecular weight is 296 g/mol. The SMILES string of the molecule is COc1ccc2ccc(OC(=O)c3ccc(F)cc3)cc2c1. The number of esters is 1. The van der Waals surface area contributed by atoms with Crippen molar-refractivity contribution in [1.82, 2.24) is 0 Å². The molecule has 0 saturated carbocycles. The third-order valence-electron chi connectivity index (χ3n) is 3.31. The van der Waals surface area contributed by atoms with Crippen LogP contribution in [0.15, 0.2) is 60.7 Å². The predicted molar refractivity (Wildman–Crippen MR) is 81.9 cm³/mol. The number of ether oxygens (including phenoxy) is 2. The second-order valence-corrected chi connectivity index (χ2v) is 4.77.